The number of rotatable bonds is 4. The smallest absolute Gasteiger partial charge is 0.404 e. The SMILES string of the molecule is O=C(O)NC1CCC(c2nc(Cc3ccccc3)cs2)C1. The molecule has 110 valence electrons. The van der Waals surface area contributed by atoms with Gasteiger partial charge in [0.15, 0.2) is 0 Å². The van der Waals surface area contributed by atoms with E-state index in [1.54, 1.807) is 11.3 Å². The Balaban J connectivity index is 1.62. The first kappa shape index (κ1) is 14.1. The van der Waals surface area contributed by atoms with E-state index in [2.05, 4.69) is 22.8 Å². The highest BCUT2D eigenvalue weighted by Crippen LogP contribution is 2.36. The van der Waals surface area contributed by atoms with Crippen LogP contribution in [0.25, 0.3) is 0 Å². The first-order valence-electron chi connectivity index (χ1n) is 7.18. The number of amides is 1. The Labute approximate surface area is 127 Å². The third-order valence-corrected chi connectivity index (χ3v) is 4.96. The summed E-state index contributed by atoms with van der Waals surface area (Å²) in [4.78, 5) is 15.4. The Morgan fingerprint density at radius 1 is 1.33 bits per heavy atom. The molecule has 2 N–H and O–H groups in total. The normalized spacial score (nSPS) is 21.3. The number of carbonyl (C=O) groups is 1. The van der Waals surface area contributed by atoms with E-state index in [0.29, 0.717) is 5.92 Å². The fraction of sp³-hybridized carbons (Fsp3) is 0.375. The van der Waals surface area contributed by atoms with Gasteiger partial charge in [-0.15, -0.1) is 11.3 Å². The van der Waals surface area contributed by atoms with Gasteiger partial charge in [-0.25, -0.2) is 9.78 Å². The van der Waals surface area contributed by atoms with Crippen LogP contribution in [0, 0.1) is 0 Å². The molecule has 1 aromatic carbocycles. The fourth-order valence-electron chi connectivity index (χ4n) is 2.91. The highest BCUT2D eigenvalue weighted by molar-refractivity contribution is 7.09. The Hall–Kier alpha value is -1.88. The second-order valence-electron chi connectivity index (χ2n) is 5.50. The van der Waals surface area contributed by atoms with Crippen LogP contribution in [-0.2, 0) is 6.42 Å². The molecule has 21 heavy (non-hydrogen) atoms. The lowest BCUT2D eigenvalue weighted by atomic mass is 10.1. The van der Waals surface area contributed by atoms with Crippen LogP contribution in [0.4, 0.5) is 4.79 Å². The van der Waals surface area contributed by atoms with Gasteiger partial charge in [0.25, 0.3) is 0 Å². The maximum absolute atomic E-state index is 10.7. The predicted molar refractivity (Wildman–Crippen MR) is 82.9 cm³/mol. The topological polar surface area (TPSA) is 62.2 Å². The largest absolute Gasteiger partial charge is 0.465 e. The summed E-state index contributed by atoms with van der Waals surface area (Å²) < 4.78 is 0. The van der Waals surface area contributed by atoms with Gasteiger partial charge in [0, 0.05) is 23.8 Å². The van der Waals surface area contributed by atoms with E-state index in [-0.39, 0.29) is 6.04 Å². The number of hydrogen-bond acceptors (Lipinski definition) is 3. The number of hydrogen-bond donors (Lipinski definition) is 2. The van der Waals surface area contributed by atoms with Crippen molar-refractivity contribution in [2.24, 2.45) is 0 Å². The molecular weight excluding hydrogens is 284 g/mol. The number of nitrogens with zero attached hydrogens (tertiary/aromatic N) is 1. The zero-order chi connectivity index (χ0) is 14.7. The summed E-state index contributed by atoms with van der Waals surface area (Å²) in [6.45, 7) is 0. The maximum Gasteiger partial charge on any atom is 0.404 e. The molecule has 0 spiro atoms. The highest BCUT2D eigenvalue weighted by atomic mass is 32.1. The standard InChI is InChI=1S/C16H18N2O2S/c19-16(20)18-13-7-6-12(9-13)15-17-14(10-21-15)8-11-4-2-1-3-5-11/h1-5,10,12-13,18H,6-9H2,(H,19,20). The van der Waals surface area contributed by atoms with Crippen LogP contribution in [0.1, 0.15) is 41.4 Å². The predicted octanol–water partition coefficient (Wildman–Crippen LogP) is 3.64. The number of benzene rings is 1. The zero-order valence-corrected chi connectivity index (χ0v) is 12.5. The second-order valence-corrected chi connectivity index (χ2v) is 6.39. The van der Waals surface area contributed by atoms with Crippen molar-refractivity contribution in [2.75, 3.05) is 0 Å². The molecule has 0 radical (unpaired) electrons. The minimum atomic E-state index is -0.926. The first-order chi connectivity index (χ1) is 10.2. The van der Waals surface area contributed by atoms with Crippen LogP contribution in [0.3, 0.4) is 0 Å². The minimum Gasteiger partial charge on any atom is -0.465 e. The molecule has 1 aromatic heterocycles. The summed E-state index contributed by atoms with van der Waals surface area (Å²) in [7, 11) is 0. The van der Waals surface area contributed by atoms with Crippen LogP contribution >= 0.6 is 11.3 Å². The lowest BCUT2D eigenvalue weighted by Gasteiger charge is -2.09. The van der Waals surface area contributed by atoms with E-state index in [0.717, 1.165) is 36.4 Å². The van der Waals surface area contributed by atoms with Crippen LogP contribution in [0.2, 0.25) is 0 Å². The lowest BCUT2D eigenvalue weighted by Crippen LogP contribution is -2.31. The fourth-order valence-corrected chi connectivity index (χ4v) is 3.88. The van der Waals surface area contributed by atoms with Gasteiger partial charge in [-0.05, 0) is 24.8 Å². The Bertz CT molecular complexity index is 612. The van der Waals surface area contributed by atoms with Crippen molar-refractivity contribution in [3.05, 3.63) is 52.0 Å². The summed E-state index contributed by atoms with van der Waals surface area (Å²) in [6, 6.07) is 10.4. The molecule has 2 aromatic rings. The van der Waals surface area contributed by atoms with Gasteiger partial charge in [0.2, 0.25) is 0 Å². The van der Waals surface area contributed by atoms with E-state index >= 15 is 0 Å². The average molecular weight is 302 g/mol. The van der Waals surface area contributed by atoms with Gasteiger partial charge >= 0.3 is 6.09 Å². The van der Waals surface area contributed by atoms with Gasteiger partial charge in [-0.2, -0.15) is 0 Å². The van der Waals surface area contributed by atoms with Crippen molar-refractivity contribution in [3.8, 4) is 0 Å². The van der Waals surface area contributed by atoms with E-state index < -0.39 is 6.09 Å². The van der Waals surface area contributed by atoms with Gasteiger partial charge in [-0.3, -0.25) is 0 Å². The molecule has 0 aliphatic heterocycles. The molecule has 2 atom stereocenters. The molecular formula is C16H18N2O2S. The zero-order valence-electron chi connectivity index (χ0n) is 11.7. The van der Waals surface area contributed by atoms with Crippen molar-refractivity contribution in [2.45, 2.75) is 37.6 Å². The van der Waals surface area contributed by atoms with Crippen LogP contribution < -0.4 is 5.32 Å². The van der Waals surface area contributed by atoms with Crippen molar-refractivity contribution < 1.29 is 9.90 Å². The summed E-state index contributed by atoms with van der Waals surface area (Å²) in [5.74, 6) is 0.399. The van der Waals surface area contributed by atoms with Crippen LogP contribution in [0.5, 0.6) is 0 Å². The molecule has 1 amide bonds. The molecule has 2 unspecified atom stereocenters. The molecule has 0 bridgehead atoms. The first-order valence-corrected chi connectivity index (χ1v) is 8.06. The van der Waals surface area contributed by atoms with Crippen molar-refractivity contribution in [3.63, 3.8) is 0 Å². The van der Waals surface area contributed by atoms with Crippen molar-refractivity contribution in [1.82, 2.24) is 10.3 Å². The van der Waals surface area contributed by atoms with Crippen LogP contribution in [-0.4, -0.2) is 22.2 Å². The molecule has 1 aliphatic rings. The van der Waals surface area contributed by atoms with Gasteiger partial charge < -0.3 is 10.4 Å². The van der Waals surface area contributed by atoms with E-state index in [4.69, 9.17) is 10.1 Å². The second kappa shape index (κ2) is 6.26. The molecule has 1 aliphatic carbocycles. The van der Waals surface area contributed by atoms with Gasteiger partial charge in [-0.1, -0.05) is 30.3 Å². The van der Waals surface area contributed by atoms with Gasteiger partial charge in [0.1, 0.15) is 0 Å². The molecule has 0 saturated heterocycles. The van der Waals surface area contributed by atoms with Gasteiger partial charge in [0.05, 0.1) is 10.7 Å². The third-order valence-electron chi connectivity index (χ3n) is 3.91. The summed E-state index contributed by atoms with van der Waals surface area (Å²) >= 11 is 1.70. The monoisotopic (exact) mass is 302 g/mol. The van der Waals surface area contributed by atoms with E-state index in [1.165, 1.54) is 5.56 Å². The van der Waals surface area contributed by atoms with Crippen LogP contribution in [0.15, 0.2) is 35.7 Å². The highest BCUT2D eigenvalue weighted by Gasteiger charge is 2.28. The quantitative estimate of drug-likeness (QED) is 0.906. The third kappa shape index (κ3) is 3.61. The molecule has 5 heteroatoms. The maximum atomic E-state index is 10.7. The Kier molecular flexibility index (Phi) is 4.20. The summed E-state index contributed by atoms with van der Waals surface area (Å²) in [6.07, 6.45) is 2.73. The Morgan fingerprint density at radius 3 is 2.90 bits per heavy atom. The van der Waals surface area contributed by atoms with Crippen molar-refractivity contribution in [1.29, 1.82) is 0 Å². The number of carboxylic acid groups (broad SMARTS) is 1. The number of thiazole rings is 1. The summed E-state index contributed by atoms with van der Waals surface area (Å²) in [5, 5.41) is 14.6. The van der Waals surface area contributed by atoms with Crippen molar-refractivity contribution >= 4 is 17.4 Å². The molecule has 3 rings (SSSR count). The Morgan fingerprint density at radius 2 is 2.14 bits per heavy atom. The molecule has 4 nitrogen and oxygen atoms in total. The van der Waals surface area contributed by atoms with E-state index in [9.17, 15) is 4.79 Å². The average Bonchev–Trinajstić information content (AvgIpc) is 3.08. The lowest BCUT2D eigenvalue weighted by molar-refractivity contribution is 0.190. The molecule has 1 fully saturated rings. The molecule has 1 heterocycles. The summed E-state index contributed by atoms with van der Waals surface area (Å²) in [5.41, 5.74) is 2.38. The van der Waals surface area contributed by atoms with E-state index in [1.807, 2.05) is 18.2 Å². The minimum absolute atomic E-state index is 0.0778. The molecule has 1 saturated carbocycles. The number of aromatic nitrogens is 1. The number of nitrogens with one attached hydrogen (secondary N) is 1.